The Morgan fingerprint density at radius 1 is 1.69 bits per heavy atom. The van der Waals surface area contributed by atoms with Crippen molar-refractivity contribution in [2.45, 2.75) is 24.0 Å². The fraction of sp³-hybridized carbons (Fsp3) is 0.750. The summed E-state index contributed by atoms with van der Waals surface area (Å²) in [4.78, 5) is 11.0. The molecule has 1 N–H and O–H groups in total. The number of aliphatic carboxylic acids is 1. The molecular weight excluding hydrogens is 175 g/mol. The third kappa shape index (κ3) is 0.842. The molecule has 72 valence electrons. The van der Waals surface area contributed by atoms with Crippen molar-refractivity contribution in [2.24, 2.45) is 0 Å². The van der Waals surface area contributed by atoms with E-state index in [0.717, 1.165) is 0 Å². The second-order valence-electron chi connectivity index (χ2n) is 4.06. The van der Waals surface area contributed by atoms with Gasteiger partial charge in [0.1, 0.15) is 12.2 Å². The minimum absolute atomic E-state index is 0.0925. The summed E-state index contributed by atoms with van der Waals surface area (Å²) in [6.45, 7) is 3.74. The summed E-state index contributed by atoms with van der Waals surface area (Å²) in [5.41, 5.74) is -2.32. The molecule has 0 aromatic heterocycles. The van der Waals surface area contributed by atoms with E-state index in [9.17, 15) is 9.18 Å². The molecule has 3 fully saturated rings. The summed E-state index contributed by atoms with van der Waals surface area (Å²) >= 11 is 0. The second kappa shape index (κ2) is 2.02. The van der Waals surface area contributed by atoms with Crippen LogP contribution >= 0.6 is 0 Å². The van der Waals surface area contributed by atoms with Gasteiger partial charge in [-0.25, -0.2) is 9.18 Å². The zero-order chi connectivity index (χ0) is 9.85. The molecule has 0 aromatic rings. The van der Waals surface area contributed by atoms with Crippen molar-refractivity contribution in [3.05, 3.63) is 0 Å². The standard InChI is InChI=1S/C8H11FN2O2/c1-10(2)11-5-7(9)3-8(11,4-7)6(12)13/h1,3-5H2,2H3/p+1. The number of rotatable bonds is 2. The highest BCUT2D eigenvalue weighted by Crippen LogP contribution is 2.55. The molecule has 0 unspecified atom stereocenters. The third-order valence-corrected chi connectivity index (χ3v) is 2.96. The van der Waals surface area contributed by atoms with Crippen LogP contribution in [0, 0.1) is 0 Å². The van der Waals surface area contributed by atoms with E-state index in [-0.39, 0.29) is 19.4 Å². The van der Waals surface area contributed by atoms with Gasteiger partial charge in [0.25, 0.3) is 0 Å². The van der Waals surface area contributed by atoms with E-state index >= 15 is 0 Å². The first-order valence-corrected chi connectivity index (χ1v) is 4.14. The van der Waals surface area contributed by atoms with Crippen LogP contribution in [0.1, 0.15) is 12.8 Å². The molecule has 0 spiro atoms. The molecule has 0 amide bonds. The van der Waals surface area contributed by atoms with E-state index in [0.29, 0.717) is 0 Å². The smallest absolute Gasteiger partial charge is 0.335 e. The number of hydrogen-bond donors (Lipinski definition) is 1. The predicted molar refractivity (Wildman–Crippen MR) is 43.5 cm³/mol. The van der Waals surface area contributed by atoms with Gasteiger partial charge in [0.2, 0.25) is 0 Å². The minimum Gasteiger partial charge on any atom is -0.479 e. The molecule has 5 heteroatoms. The van der Waals surface area contributed by atoms with Crippen LogP contribution in [0.4, 0.5) is 4.39 Å². The van der Waals surface area contributed by atoms with E-state index in [4.69, 9.17) is 5.11 Å². The van der Waals surface area contributed by atoms with E-state index < -0.39 is 17.2 Å². The number of halogens is 1. The third-order valence-electron chi connectivity index (χ3n) is 2.96. The number of hydrazine groups is 1. The van der Waals surface area contributed by atoms with E-state index in [2.05, 4.69) is 6.72 Å². The molecule has 2 bridgehead atoms. The van der Waals surface area contributed by atoms with Gasteiger partial charge in [0.05, 0.1) is 0 Å². The van der Waals surface area contributed by atoms with Gasteiger partial charge in [-0.05, 0) is 0 Å². The summed E-state index contributed by atoms with van der Waals surface area (Å²) in [6.07, 6.45) is 0.185. The van der Waals surface area contributed by atoms with Crippen molar-refractivity contribution in [1.29, 1.82) is 0 Å². The maximum atomic E-state index is 13.5. The lowest BCUT2D eigenvalue weighted by Gasteiger charge is -2.37. The molecule has 2 saturated heterocycles. The van der Waals surface area contributed by atoms with Crippen LogP contribution in [0.2, 0.25) is 0 Å². The Labute approximate surface area is 75.2 Å². The average molecular weight is 187 g/mol. The first-order valence-electron chi connectivity index (χ1n) is 4.14. The van der Waals surface area contributed by atoms with Crippen LogP contribution in [-0.4, -0.2) is 52.3 Å². The molecule has 4 nitrogen and oxygen atoms in total. The highest BCUT2D eigenvalue weighted by Gasteiger charge is 2.74. The predicted octanol–water partition coefficient (Wildman–Crippen LogP) is -0.115. The summed E-state index contributed by atoms with van der Waals surface area (Å²) in [7, 11) is 1.63. The van der Waals surface area contributed by atoms with Gasteiger partial charge < -0.3 is 5.11 Å². The Balaban J connectivity index is 2.32. The SMILES string of the molecule is C=[N+](C)N1CC2(F)CC1(C(=O)O)C2. The summed E-state index contributed by atoms with van der Waals surface area (Å²) in [5.74, 6) is -0.950. The Morgan fingerprint density at radius 2 is 2.23 bits per heavy atom. The monoisotopic (exact) mass is 187 g/mol. The lowest BCUT2D eigenvalue weighted by Crippen LogP contribution is -2.57. The average Bonchev–Trinajstić information content (AvgIpc) is 2.36. The van der Waals surface area contributed by atoms with Gasteiger partial charge >= 0.3 is 5.97 Å². The van der Waals surface area contributed by atoms with Crippen LogP contribution in [-0.2, 0) is 4.79 Å². The normalized spacial score (nSPS) is 41.5. The molecule has 0 atom stereocenters. The van der Waals surface area contributed by atoms with Gasteiger partial charge in [-0.15, -0.1) is 4.68 Å². The number of carboxylic acids is 1. The topological polar surface area (TPSA) is 43.5 Å². The second-order valence-corrected chi connectivity index (χ2v) is 4.06. The zero-order valence-electron chi connectivity index (χ0n) is 7.46. The number of carboxylic acid groups (broad SMARTS) is 1. The molecule has 2 heterocycles. The molecule has 1 aliphatic carbocycles. The number of fused-ring (bicyclic) bond motifs is 1. The number of carbonyl (C=O) groups is 1. The van der Waals surface area contributed by atoms with Crippen molar-refractivity contribution < 1.29 is 19.0 Å². The molecule has 0 aromatic carbocycles. The van der Waals surface area contributed by atoms with E-state index in [1.54, 1.807) is 7.05 Å². The Bertz CT molecular complexity index is 291. The van der Waals surface area contributed by atoms with Crippen LogP contribution in [0.3, 0.4) is 0 Å². The van der Waals surface area contributed by atoms with Gasteiger partial charge in [-0.2, -0.15) is 5.01 Å². The zero-order valence-corrected chi connectivity index (χ0v) is 7.46. The van der Waals surface area contributed by atoms with Crippen LogP contribution in [0.25, 0.3) is 0 Å². The van der Waals surface area contributed by atoms with Crippen molar-refractivity contribution in [3.63, 3.8) is 0 Å². The Kier molecular flexibility index (Phi) is 1.32. The fourth-order valence-electron chi connectivity index (χ4n) is 2.42. The Hall–Kier alpha value is -1.13. The van der Waals surface area contributed by atoms with Gasteiger partial charge in [0.15, 0.2) is 19.3 Å². The van der Waals surface area contributed by atoms with E-state index in [1.807, 2.05) is 0 Å². The molecule has 1 saturated carbocycles. The van der Waals surface area contributed by atoms with Crippen molar-refractivity contribution in [1.82, 2.24) is 5.01 Å². The summed E-state index contributed by atoms with van der Waals surface area (Å²) in [6, 6.07) is 0. The number of hydrazone groups is 1. The fourth-order valence-corrected chi connectivity index (χ4v) is 2.42. The summed E-state index contributed by atoms with van der Waals surface area (Å²) in [5, 5.41) is 10.5. The minimum atomic E-state index is -1.30. The number of nitrogens with zero attached hydrogens (tertiary/aromatic N) is 2. The van der Waals surface area contributed by atoms with Crippen LogP contribution in [0.15, 0.2) is 0 Å². The maximum absolute atomic E-state index is 13.5. The largest absolute Gasteiger partial charge is 0.479 e. The molecule has 3 rings (SSSR count). The molecule has 13 heavy (non-hydrogen) atoms. The first-order chi connectivity index (χ1) is 5.90. The van der Waals surface area contributed by atoms with Gasteiger partial charge in [-0.1, -0.05) is 0 Å². The van der Waals surface area contributed by atoms with Crippen molar-refractivity contribution in [3.8, 4) is 0 Å². The van der Waals surface area contributed by atoms with Crippen LogP contribution in [0.5, 0.6) is 0 Å². The van der Waals surface area contributed by atoms with E-state index in [1.165, 1.54) is 9.69 Å². The van der Waals surface area contributed by atoms with Gasteiger partial charge in [-0.3, -0.25) is 0 Å². The number of alkyl halides is 1. The molecular formula is C8H12FN2O2+. The quantitative estimate of drug-likeness (QED) is 0.484. The first kappa shape index (κ1) is 8.47. The van der Waals surface area contributed by atoms with Crippen LogP contribution < -0.4 is 0 Å². The molecule has 0 radical (unpaired) electrons. The maximum Gasteiger partial charge on any atom is 0.335 e. The lowest BCUT2D eigenvalue weighted by atomic mass is 9.71. The number of hydrogen-bond acceptors (Lipinski definition) is 2. The lowest BCUT2D eigenvalue weighted by molar-refractivity contribution is -0.669. The van der Waals surface area contributed by atoms with Gasteiger partial charge in [0, 0.05) is 12.8 Å². The highest BCUT2D eigenvalue weighted by atomic mass is 19.1. The van der Waals surface area contributed by atoms with Crippen molar-refractivity contribution in [2.75, 3.05) is 13.6 Å². The Morgan fingerprint density at radius 3 is 2.54 bits per heavy atom. The highest BCUT2D eigenvalue weighted by molar-refractivity contribution is 5.81. The molecule has 3 aliphatic rings. The van der Waals surface area contributed by atoms with Crippen molar-refractivity contribution >= 4 is 12.7 Å². The molecule has 2 aliphatic heterocycles. The summed E-state index contributed by atoms with van der Waals surface area (Å²) < 4.78 is 15.0.